The summed E-state index contributed by atoms with van der Waals surface area (Å²) in [4.78, 5) is 11.8. The molecule has 0 unspecified atom stereocenters. The maximum Gasteiger partial charge on any atom is 0.359 e. The minimum Gasteiger partial charge on any atom is -0.456 e. The second-order valence-corrected chi connectivity index (χ2v) is 3.90. The van der Waals surface area contributed by atoms with Crippen molar-refractivity contribution in [1.29, 1.82) is 0 Å². The monoisotopic (exact) mass is 230 g/mol. The fourth-order valence-electron chi connectivity index (χ4n) is 1.60. The van der Waals surface area contributed by atoms with Crippen LogP contribution in [0.4, 0.5) is 0 Å². The summed E-state index contributed by atoms with van der Waals surface area (Å²) in [5, 5.41) is 4.06. The van der Waals surface area contributed by atoms with Crippen LogP contribution in [0, 0.1) is 6.92 Å². The fraction of sp³-hybridized carbons (Fsp3) is 0.231. The molecular formula is C13H14N2O2. The smallest absolute Gasteiger partial charge is 0.359 e. The van der Waals surface area contributed by atoms with Gasteiger partial charge < -0.3 is 4.74 Å². The van der Waals surface area contributed by atoms with Gasteiger partial charge in [0.2, 0.25) is 0 Å². The van der Waals surface area contributed by atoms with Gasteiger partial charge in [-0.25, -0.2) is 4.79 Å². The van der Waals surface area contributed by atoms with E-state index in [9.17, 15) is 4.79 Å². The molecule has 0 aliphatic heterocycles. The first-order valence-electron chi connectivity index (χ1n) is 5.38. The Labute approximate surface area is 99.8 Å². The van der Waals surface area contributed by atoms with E-state index in [4.69, 9.17) is 4.74 Å². The second-order valence-electron chi connectivity index (χ2n) is 3.90. The molecule has 2 aromatic rings. The molecule has 0 aliphatic rings. The molecule has 17 heavy (non-hydrogen) atoms. The molecule has 0 saturated heterocycles. The number of esters is 1. The molecule has 4 heteroatoms. The summed E-state index contributed by atoms with van der Waals surface area (Å²) >= 11 is 0. The Balaban J connectivity index is 2.01. The van der Waals surface area contributed by atoms with Gasteiger partial charge >= 0.3 is 5.97 Å². The van der Waals surface area contributed by atoms with Crippen LogP contribution in [-0.4, -0.2) is 15.7 Å². The highest BCUT2D eigenvalue weighted by Gasteiger charge is 2.14. The zero-order valence-electron chi connectivity index (χ0n) is 9.88. The van der Waals surface area contributed by atoms with Gasteiger partial charge in [0, 0.05) is 18.8 Å². The van der Waals surface area contributed by atoms with Crippen LogP contribution < -0.4 is 0 Å². The molecule has 0 radical (unpaired) electrons. The third-order valence-electron chi connectivity index (χ3n) is 2.42. The number of hydrogen-bond donors (Lipinski definition) is 0. The molecule has 1 aromatic heterocycles. The minimum atomic E-state index is -0.382. The molecule has 4 nitrogen and oxygen atoms in total. The Morgan fingerprint density at radius 2 is 2.06 bits per heavy atom. The minimum absolute atomic E-state index is 0.273. The molecule has 0 atom stereocenters. The van der Waals surface area contributed by atoms with E-state index < -0.39 is 0 Å². The first-order valence-corrected chi connectivity index (χ1v) is 5.38. The topological polar surface area (TPSA) is 44.1 Å². The van der Waals surface area contributed by atoms with Crippen molar-refractivity contribution in [2.24, 2.45) is 7.05 Å². The number of aromatic nitrogens is 2. The summed E-state index contributed by atoms with van der Waals surface area (Å²) in [5.41, 5.74) is 2.17. The van der Waals surface area contributed by atoms with Crippen molar-refractivity contribution < 1.29 is 9.53 Å². The Morgan fingerprint density at radius 3 is 2.65 bits per heavy atom. The number of aryl methyl sites for hydroxylation is 2. The van der Waals surface area contributed by atoms with Crippen LogP contribution in [0.3, 0.4) is 0 Å². The quantitative estimate of drug-likeness (QED) is 0.758. The van der Waals surface area contributed by atoms with E-state index in [2.05, 4.69) is 5.10 Å². The van der Waals surface area contributed by atoms with E-state index in [1.165, 1.54) is 0 Å². The highest BCUT2D eigenvalue weighted by molar-refractivity contribution is 5.88. The molecule has 0 saturated carbocycles. The highest BCUT2D eigenvalue weighted by atomic mass is 16.5. The van der Waals surface area contributed by atoms with Crippen LogP contribution in [0.15, 0.2) is 36.5 Å². The first-order chi connectivity index (χ1) is 8.16. The van der Waals surface area contributed by atoms with E-state index in [-0.39, 0.29) is 12.6 Å². The summed E-state index contributed by atoms with van der Waals surface area (Å²) in [5.74, 6) is -0.382. The van der Waals surface area contributed by atoms with Crippen LogP contribution in [0.2, 0.25) is 0 Å². The molecule has 0 N–H and O–H groups in total. The number of carbonyl (C=O) groups is 1. The van der Waals surface area contributed by atoms with E-state index in [1.54, 1.807) is 17.9 Å². The third kappa shape index (κ3) is 2.72. The molecular weight excluding hydrogens is 216 g/mol. The lowest BCUT2D eigenvalue weighted by molar-refractivity contribution is 0.0464. The van der Waals surface area contributed by atoms with Crippen molar-refractivity contribution in [3.63, 3.8) is 0 Å². The normalized spacial score (nSPS) is 10.2. The number of nitrogens with zero attached hydrogens (tertiary/aromatic N) is 2. The van der Waals surface area contributed by atoms with Crippen molar-refractivity contribution >= 4 is 5.97 Å². The average Bonchev–Trinajstić information content (AvgIpc) is 2.67. The molecule has 1 aromatic carbocycles. The van der Waals surface area contributed by atoms with Crippen LogP contribution in [0.25, 0.3) is 0 Å². The van der Waals surface area contributed by atoms with Gasteiger partial charge in [0.1, 0.15) is 6.61 Å². The lowest BCUT2D eigenvalue weighted by atomic mass is 10.2. The lowest BCUT2D eigenvalue weighted by Crippen LogP contribution is -2.08. The molecule has 2 rings (SSSR count). The Morgan fingerprint density at radius 1 is 1.35 bits per heavy atom. The molecule has 0 fully saturated rings. The van der Waals surface area contributed by atoms with Gasteiger partial charge in [0.05, 0.1) is 0 Å². The van der Waals surface area contributed by atoms with E-state index in [1.807, 2.05) is 37.3 Å². The SMILES string of the molecule is Cc1cn(C)nc1C(=O)OCc1ccccc1. The van der Waals surface area contributed by atoms with Gasteiger partial charge in [-0.1, -0.05) is 30.3 Å². The van der Waals surface area contributed by atoms with E-state index >= 15 is 0 Å². The maximum absolute atomic E-state index is 11.8. The van der Waals surface area contributed by atoms with Crippen LogP contribution in [0.1, 0.15) is 21.6 Å². The fourth-order valence-corrected chi connectivity index (χ4v) is 1.60. The Hall–Kier alpha value is -2.10. The molecule has 0 aliphatic carbocycles. The third-order valence-corrected chi connectivity index (χ3v) is 2.42. The Bertz CT molecular complexity index is 517. The summed E-state index contributed by atoms with van der Waals surface area (Å²) in [6, 6.07) is 9.58. The summed E-state index contributed by atoms with van der Waals surface area (Å²) in [6.45, 7) is 2.11. The second kappa shape index (κ2) is 4.82. The van der Waals surface area contributed by atoms with E-state index in [0.29, 0.717) is 5.69 Å². The van der Waals surface area contributed by atoms with Gasteiger partial charge in [-0.15, -0.1) is 0 Å². The standard InChI is InChI=1S/C13H14N2O2/c1-10-8-15(2)14-12(10)13(16)17-9-11-6-4-3-5-7-11/h3-8H,9H2,1-2H3. The Kier molecular flexibility index (Phi) is 3.23. The number of benzene rings is 1. The van der Waals surface area contributed by atoms with E-state index in [0.717, 1.165) is 11.1 Å². The van der Waals surface area contributed by atoms with Crippen molar-refractivity contribution in [3.8, 4) is 0 Å². The van der Waals surface area contributed by atoms with Gasteiger partial charge in [0.25, 0.3) is 0 Å². The number of rotatable bonds is 3. The zero-order valence-corrected chi connectivity index (χ0v) is 9.88. The summed E-state index contributed by atoms with van der Waals surface area (Å²) in [6.07, 6.45) is 1.79. The summed E-state index contributed by atoms with van der Waals surface area (Å²) in [7, 11) is 1.78. The summed E-state index contributed by atoms with van der Waals surface area (Å²) < 4.78 is 6.80. The predicted molar refractivity (Wildman–Crippen MR) is 63.5 cm³/mol. The number of ether oxygens (including phenoxy) is 1. The van der Waals surface area contributed by atoms with Crippen LogP contribution >= 0.6 is 0 Å². The maximum atomic E-state index is 11.8. The predicted octanol–water partition coefficient (Wildman–Crippen LogP) is 2.09. The first kappa shape index (κ1) is 11.4. The van der Waals surface area contributed by atoms with Gasteiger partial charge in [-0.3, -0.25) is 4.68 Å². The zero-order chi connectivity index (χ0) is 12.3. The molecule has 0 bridgehead atoms. The van der Waals surface area contributed by atoms with Crippen molar-refractivity contribution in [2.45, 2.75) is 13.5 Å². The molecule has 0 spiro atoms. The van der Waals surface area contributed by atoms with Crippen LogP contribution in [-0.2, 0) is 18.4 Å². The van der Waals surface area contributed by atoms with Crippen molar-refractivity contribution in [1.82, 2.24) is 9.78 Å². The van der Waals surface area contributed by atoms with Crippen LogP contribution in [0.5, 0.6) is 0 Å². The van der Waals surface area contributed by atoms with Gasteiger partial charge in [-0.2, -0.15) is 5.10 Å². The van der Waals surface area contributed by atoms with Crippen molar-refractivity contribution in [3.05, 3.63) is 53.3 Å². The number of carbonyl (C=O) groups excluding carboxylic acids is 1. The van der Waals surface area contributed by atoms with Gasteiger partial charge in [0.15, 0.2) is 5.69 Å². The highest BCUT2D eigenvalue weighted by Crippen LogP contribution is 2.08. The molecule has 1 heterocycles. The largest absolute Gasteiger partial charge is 0.456 e. The molecule has 0 amide bonds. The van der Waals surface area contributed by atoms with Crippen molar-refractivity contribution in [2.75, 3.05) is 0 Å². The molecule has 88 valence electrons. The average molecular weight is 230 g/mol. The van der Waals surface area contributed by atoms with Gasteiger partial charge in [-0.05, 0) is 12.5 Å². The lowest BCUT2D eigenvalue weighted by Gasteiger charge is -2.03. The number of hydrogen-bond acceptors (Lipinski definition) is 3.